The van der Waals surface area contributed by atoms with E-state index in [0.717, 1.165) is 15.2 Å². The molecule has 20 heavy (non-hydrogen) atoms. The number of carbonyl (C=O) groups excluding carboxylic acids is 1. The number of benzene rings is 3. The molecule has 0 atom stereocenters. The van der Waals surface area contributed by atoms with Crippen LogP contribution in [0.15, 0.2) is 65.1 Å². The Bertz CT molecular complexity index is 811. The van der Waals surface area contributed by atoms with E-state index in [1.807, 2.05) is 42.5 Å². The first-order valence-corrected chi connectivity index (χ1v) is 7.31. The van der Waals surface area contributed by atoms with Gasteiger partial charge in [0.1, 0.15) is 0 Å². The molecule has 0 aliphatic rings. The third kappa shape index (κ3) is 2.49. The van der Waals surface area contributed by atoms with Gasteiger partial charge >= 0.3 is 0 Å². The molecule has 3 heteroatoms. The maximum Gasteiger partial charge on any atom is 0.193 e. The van der Waals surface area contributed by atoms with Crippen LogP contribution in [0.3, 0.4) is 0 Å². The number of ketones is 1. The van der Waals surface area contributed by atoms with Crippen LogP contribution in [0.25, 0.3) is 10.8 Å². The van der Waals surface area contributed by atoms with Gasteiger partial charge in [-0.05, 0) is 51.0 Å². The van der Waals surface area contributed by atoms with E-state index in [0.29, 0.717) is 16.1 Å². The average molecular weight is 346 g/mol. The number of hydrogen-bond donors (Lipinski definition) is 0. The predicted octanol–water partition coefficient (Wildman–Crippen LogP) is 5.49. The lowest BCUT2D eigenvalue weighted by Gasteiger charge is -2.05. The number of rotatable bonds is 2. The summed E-state index contributed by atoms with van der Waals surface area (Å²) in [6.45, 7) is 0. The first-order chi connectivity index (χ1) is 9.65. The van der Waals surface area contributed by atoms with Gasteiger partial charge in [-0.3, -0.25) is 4.79 Å². The maximum atomic E-state index is 12.5. The van der Waals surface area contributed by atoms with Gasteiger partial charge in [-0.1, -0.05) is 48.0 Å². The van der Waals surface area contributed by atoms with Crippen molar-refractivity contribution in [3.63, 3.8) is 0 Å². The molecule has 0 radical (unpaired) electrons. The highest BCUT2D eigenvalue weighted by Crippen LogP contribution is 2.25. The molecule has 0 saturated heterocycles. The fourth-order valence-electron chi connectivity index (χ4n) is 2.13. The third-order valence-corrected chi connectivity index (χ3v) is 4.43. The molecule has 1 nitrogen and oxygen atoms in total. The van der Waals surface area contributed by atoms with Crippen LogP contribution in [-0.4, -0.2) is 5.78 Å². The minimum atomic E-state index is -0.0230. The lowest BCUT2D eigenvalue weighted by atomic mass is 10.00. The van der Waals surface area contributed by atoms with Crippen molar-refractivity contribution < 1.29 is 4.79 Å². The van der Waals surface area contributed by atoms with E-state index in [1.165, 1.54) is 0 Å². The first-order valence-electron chi connectivity index (χ1n) is 6.14. The lowest BCUT2D eigenvalue weighted by molar-refractivity contribution is 0.103. The second-order valence-corrected chi connectivity index (χ2v) is 5.78. The Morgan fingerprint density at radius 2 is 1.50 bits per heavy atom. The highest BCUT2D eigenvalue weighted by atomic mass is 79.9. The monoisotopic (exact) mass is 344 g/mol. The molecule has 0 bridgehead atoms. The molecule has 3 rings (SSSR count). The second kappa shape index (κ2) is 5.39. The molecule has 0 saturated carbocycles. The third-order valence-electron chi connectivity index (χ3n) is 3.19. The Hall–Kier alpha value is -1.64. The topological polar surface area (TPSA) is 17.1 Å². The van der Waals surface area contributed by atoms with Crippen molar-refractivity contribution >= 4 is 44.1 Å². The molecule has 0 fully saturated rings. The predicted molar refractivity (Wildman–Crippen MR) is 86.5 cm³/mol. The summed E-state index contributed by atoms with van der Waals surface area (Å²) in [7, 11) is 0. The summed E-state index contributed by atoms with van der Waals surface area (Å²) in [5.41, 5.74) is 1.26. The van der Waals surface area contributed by atoms with Crippen molar-refractivity contribution in [1.82, 2.24) is 0 Å². The van der Waals surface area contributed by atoms with E-state index in [1.54, 1.807) is 18.2 Å². The molecule has 0 spiro atoms. The van der Waals surface area contributed by atoms with Crippen LogP contribution in [0.4, 0.5) is 0 Å². The van der Waals surface area contributed by atoms with Crippen molar-refractivity contribution in [2.75, 3.05) is 0 Å². The Kier molecular flexibility index (Phi) is 3.60. The zero-order chi connectivity index (χ0) is 14.1. The van der Waals surface area contributed by atoms with Crippen molar-refractivity contribution in [1.29, 1.82) is 0 Å². The van der Waals surface area contributed by atoms with E-state index >= 15 is 0 Å². The van der Waals surface area contributed by atoms with Crippen LogP contribution < -0.4 is 0 Å². The van der Waals surface area contributed by atoms with Gasteiger partial charge in [-0.15, -0.1) is 0 Å². The SMILES string of the molecule is O=C(c1ccc(Br)c(Cl)c1)c1ccc2ccccc2c1. The first kappa shape index (κ1) is 13.3. The van der Waals surface area contributed by atoms with Gasteiger partial charge in [0.2, 0.25) is 0 Å². The Morgan fingerprint density at radius 1 is 0.850 bits per heavy atom. The summed E-state index contributed by atoms with van der Waals surface area (Å²) in [6.07, 6.45) is 0. The second-order valence-electron chi connectivity index (χ2n) is 4.52. The molecule has 3 aromatic rings. The number of fused-ring (bicyclic) bond motifs is 1. The summed E-state index contributed by atoms with van der Waals surface area (Å²) in [5, 5.41) is 2.72. The van der Waals surface area contributed by atoms with Crippen molar-refractivity contribution in [3.05, 3.63) is 81.3 Å². The van der Waals surface area contributed by atoms with Gasteiger partial charge < -0.3 is 0 Å². The molecule has 0 heterocycles. The summed E-state index contributed by atoms with van der Waals surface area (Å²) < 4.78 is 0.786. The van der Waals surface area contributed by atoms with E-state index in [9.17, 15) is 4.79 Å². The Morgan fingerprint density at radius 3 is 2.25 bits per heavy atom. The van der Waals surface area contributed by atoms with Crippen LogP contribution >= 0.6 is 27.5 Å². The summed E-state index contributed by atoms with van der Waals surface area (Å²) in [6, 6.07) is 18.9. The summed E-state index contributed by atoms with van der Waals surface area (Å²) >= 11 is 9.37. The van der Waals surface area contributed by atoms with Crippen LogP contribution in [0.2, 0.25) is 5.02 Å². The Labute approximate surface area is 130 Å². The minimum Gasteiger partial charge on any atom is -0.289 e. The van der Waals surface area contributed by atoms with Gasteiger partial charge in [0, 0.05) is 15.6 Å². The zero-order valence-corrected chi connectivity index (χ0v) is 12.8. The van der Waals surface area contributed by atoms with Gasteiger partial charge in [0.15, 0.2) is 5.78 Å². The quantitative estimate of drug-likeness (QED) is 0.562. The van der Waals surface area contributed by atoms with Gasteiger partial charge in [-0.25, -0.2) is 0 Å². The normalized spacial score (nSPS) is 10.7. The zero-order valence-electron chi connectivity index (χ0n) is 10.4. The fraction of sp³-hybridized carbons (Fsp3) is 0. The molecular formula is C17H10BrClO. The minimum absolute atomic E-state index is 0.0230. The van der Waals surface area contributed by atoms with E-state index < -0.39 is 0 Å². The van der Waals surface area contributed by atoms with Crippen LogP contribution in [0.1, 0.15) is 15.9 Å². The van der Waals surface area contributed by atoms with Crippen LogP contribution in [0.5, 0.6) is 0 Å². The summed E-state index contributed by atoms with van der Waals surface area (Å²) in [4.78, 5) is 12.5. The fourth-order valence-corrected chi connectivity index (χ4v) is 2.56. The van der Waals surface area contributed by atoms with E-state index in [2.05, 4.69) is 15.9 Å². The molecule has 98 valence electrons. The smallest absolute Gasteiger partial charge is 0.193 e. The van der Waals surface area contributed by atoms with Gasteiger partial charge in [-0.2, -0.15) is 0 Å². The summed E-state index contributed by atoms with van der Waals surface area (Å²) in [5.74, 6) is -0.0230. The van der Waals surface area contributed by atoms with Gasteiger partial charge in [0.25, 0.3) is 0 Å². The van der Waals surface area contributed by atoms with E-state index in [4.69, 9.17) is 11.6 Å². The molecular weight excluding hydrogens is 336 g/mol. The molecule has 0 aliphatic heterocycles. The van der Waals surface area contributed by atoms with Crippen molar-refractivity contribution in [2.45, 2.75) is 0 Å². The molecule has 3 aromatic carbocycles. The number of hydrogen-bond acceptors (Lipinski definition) is 1. The lowest BCUT2D eigenvalue weighted by Crippen LogP contribution is -2.01. The Balaban J connectivity index is 2.05. The van der Waals surface area contributed by atoms with Crippen LogP contribution in [0, 0.1) is 0 Å². The molecule has 0 unspecified atom stereocenters. The highest BCUT2D eigenvalue weighted by molar-refractivity contribution is 9.10. The molecule has 0 amide bonds. The van der Waals surface area contributed by atoms with Crippen molar-refractivity contribution in [3.8, 4) is 0 Å². The van der Waals surface area contributed by atoms with E-state index in [-0.39, 0.29) is 5.78 Å². The van der Waals surface area contributed by atoms with Crippen molar-refractivity contribution in [2.24, 2.45) is 0 Å². The largest absolute Gasteiger partial charge is 0.289 e. The maximum absolute atomic E-state index is 12.5. The average Bonchev–Trinajstić information content (AvgIpc) is 2.49. The highest BCUT2D eigenvalue weighted by Gasteiger charge is 2.11. The molecule has 0 aromatic heterocycles. The number of halogens is 2. The molecule has 0 N–H and O–H groups in total. The van der Waals surface area contributed by atoms with Crippen LogP contribution in [-0.2, 0) is 0 Å². The standard InChI is InChI=1S/C17H10BrClO/c18-15-8-7-14(10-16(15)19)17(20)13-6-5-11-3-1-2-4-12(11)9-13/h1-10H. The molecule has 0 aliphatic carbocycles. The van der Waals surface area contributed by atoms with Gasteiger partial charge in [0.05, 0.1) is 5.02 Å². The number of carbonyl (C=O) groups is 1.